The highest BCUT2D eigenvalue weighted by Gasteiger charge is 2.48. The van der Waals surface area contributed by atoms with Crippen LogP contribution in [0, 0.1) is 0 Å². The summed E-state index contributed by atoms with van der Waals surface area (Å²) in [6.45, 7) is 1.34. The van der Waals surface area contributed by atoms with Crippen LogP contribution in [-0.4, -0.2) is 40.1 Å². The molecule has 0 aliphatic carbocycles. The molecule has 1 saturated heterocycles. The van der Waals surface area contributed by atoms with Crippen LogP contribution < -0.4 is 10.2 Å². The lowest BCUT2D eigenvalue weighted by Crippen LogP contribution is -2.36. The number of rotatable bonds is 4. The van der Waals surface area contributed by atoms with E-state index in [1.165, 1.54) is 18.2 Å². The summed E-state index contributed by atoms with van der Waals surface area (Å²) in [5.74, 6) is 0. The lowest BCUT2D eigenvalue weighted by Gasteiger charge is -2.25. The van der Waals surface area contributed by atoms with Crippen LogP contribution in [-0.2, 0) is 9.84 Å². The maximum absolute atomic E-state index is 12.7. The highest BCUT2D eigenvalue weighted by Crippen LogP contribution is 2.35. The van der Waals surface area contributed by atoms with Gasteiger partial charge in [-0.25, -0.2) is 8.42 Å². The third kappa shape index (κ3) is 3.32. The van der Waals surface area contributed by atoms with Crippen molar-refractivity contribution in [3.8, 4) is 0 Å². The van der Waals surface area contributed by atoms with Crippen molar-refractivity contribution in [2.24, 2.45) is 0 Å². The number of halogens is 3. The van der Waals surface area contributed by atoms with Gasteiger partial charge in [0.25, 0.3) is 9.84 Å². The lowest BCUT2D eigenvalue weighted by molar-refractivity contribution is -0.0435. The first-order chi connectivity index (χ1) is 9.73. The molecular formula is C13H17F3N2O2S. The molecule has 1 aliphatic heterocycles. The predicted molar refractivity (Wildman–Crippen MR) is 74.0 cm³/mol. The van der Waals surface area contributed by atoms with E-state index in [0.29, 0.717) is 6.54 Å². The predicted octanol–water partition coefficient (Wildman–Crippen LogP) is 2.17. The molecule has 0 aromatic heterocycles. The second kappa shape index (κ2) is 5.84. The summed E-state index contributed by atoms with van der Waals surface area (Å²) < 4.78 is 61.5. The number of benzene rings is 1. The Bertz CT molecular complexity index is 596. The van der Waals surface area contributed by atoms with Crippen molar-refractivity contribution in [1.29, 1.82) is 0 Å². The van der Waals surface area contributed by atoms with Gasteiger partial charge in [-0.2, -0.15) is 13.2 Å². The molecule has 1 unspecified atom stereocenters. The van der Waals surface area contributed by atoms with Gasteiger partial charge < -0.3 is 10.2 Å². The van der Waals surface area contributed by atoms with Crippen LogP contribution in [0.15, 0.2) is 29.2 Å². The summed E-state index contributed by atoms with van der Waals surface area (Å²) >= 11 is 0. The number of nitrogens with one attached hydrogen (secondary N) is 1. The van der Waals surface area contributed by atoms with Gasteiger partial charge in [-0.05, 0) is 31.5 Å². The largest absolute Gasteiger partial charge is 0.501 e. The molecule has 0 saturated carbocycles. The zero-order chi connectivity index (χ0) is 15.7. The third-order valence-electron chi connectivity index (χ3n) is 3.53. The van der Waals surface area contributed by atoms with Crippen LogP contribution in [0.5, 0.6) is 0 Å². The fourth-order valence-electron chi connectivity index (χ4n) is 2.47. The van der Waals surface area contributed by atoms with Crippen LogP contribution >= 0.6 is 0 Å². The van der Waals surface area contributed by atoms with Gasteiger partial charge in [-0.15, -0.1) is 0 Å². The molecule has 0 radical (unpaired) electrons. The number of hydrogen-bond donors (Lipinski definition) is 1. The summed E-state index contributed by atoms with van der Waals surface area (Å²) in [7, 11) is -3.75. The van der Waals surface area contributed by atoms with Gasteiger partial charge in [0.15, 0.2) is 0 Å². The molecule has 0 bridgehead atoms. The first kappa shape index (κ1) is 16.1. The molecule has 1 aromatic rings. The number of likely N-dealkylation sites (N-methyl/N-ethyl adjacent to an activating group) is 1. The van der Waals surface area contributed by atoms with Crippen LogP contribution in [0.4, 0.5) is 18.9 Å². The van der Waals surface area contributed by atoms with Gasteiger partial charge in [0.1, 0.15) is 0 Å². The molecule has 8 heteroatoms. The van der Waals surface area contributed by atoms with Crippen molar-refractivity contribution in [3.63, 3.8) is 0 Å². The molecule has 4 nitrogen and oxygen atoms in total. The van der Waals surface area contributed by atoms with Crippen molar-refractivity contribution in [3.05, 3.63) is 24.3 Å². The van der Waals surface area contributed by atoms with Crippen LogP contribution in [0.1, 0.15) is 12.8 Å². The van der Waals surface area contributed by atoms with Crippen molar-refractivity contribution in [2.75, 3.05) is 25.0 Å². The topological polar surface area (TPSA) is 49.4 Å². The minimum atomic E-state index is -5.35. The van der Waals surface area contributed by atoms with Crippen molar-refractivity contribution < 1.29 is 21.6 Å². The fourth-order valence-corrected chi connectivity index (χ4v) is 3.47. The Morgan fingerprint density at radius 1 is 1.33 bits per heavy atom. The second-order valence-corrected chi connectivity index (χ2v) is 7.00. The van der Waals surface area contributed by atoms with E-state index in [0.717, 1.165) is 25.5 Å². The van der Waals surface area contributed by atoms with Gasteiger partial charge in [0.05, 0.1) is 10.6 Å². The highest BCUT2D eigenvalue weighted by molar-refractivity contribution is 7.92. The average Bonchev–Trinajstić information content (AvgIpc) is 2.90. The molecule has 118 valence electrons. The van der Waals surface area contributed by atoms with Crippen LogP contribution in [0.2, 0.25) is 0 Å². The normalized spacial score (nSPS) is 19.7. The first-order valence-corrected chi connectivity index (χ1v) is 8.06. The van der Waals surface area contributed by atoms with Crippen LogP contribution in [0.25, 0.3) is 0 Å². The van der Waals surface area contributed by atoms with Crippen molar-refractivity contribution in [2.45, 2.75) is 29.3 Å². The van der Waals surface area contributed by atoms with Gasteiger partial charge in [0, 0.05) is 19.6 Å². The zero-order valence-electron chi connectivity index (χ0n) is 11.5. The Hall–Kier alpha value is -1.28. The number of alkyl halides is 3. The van der Waals surface area contributed by atoms with Gasteiger partial charge >= 0.3 is 5.51 Å². The van der Waals surface area contributed by atoms with E-state index in [-0.39, 0.29) is 11.7 Å². The maximum atomic E-state index is 12.7. The van der Waals surface area contributed by atoms with Gasteiger partial charge in [0.2, 0.25) is 0 Å². The molecular weight excluding hydrogens is 305 g/mol. The smallest absolute Gasteiger partial charge is 0.372 e. The summed E-state index contributed by atoms with van der Waals surface area (Å²) in [5.41, 5.74) is -5.22. The Labute approximate surface area is 121 Å². The van der Waals surface area contributed by atoms with E-state index >= 15 is 0 Å². The Morgan fingerprint density at radius 3 is 2.57 bits per heavy atom. The molecule has 2 rings (SSSR count). The van der Waals surface area contributed by atoms with Crippen LogP contribution in [0.3, 0.4) is 0 Å². The quantitative estimate of drug-likeness (QED) is 0.923. The SMILES string of the molecule is CN(CC1CCCN1)c1ccccc1S(=O)(=O)C(F)(F)F. The monoisotopic (exact) mass is 322 g/mol. The van der Waals surface area contributed by atoms with Crippen molar-refractivity contribution in [1.82, 2.24) is 5.32 Å². The fraction of sp³-hybridized carbons (Fsp3) is 0.538. The second-order valence-electron chi connectivity index (χ2n) is 5.09. The lowest BCUT2D eigenvalue weighted by atomic mass is 10.2. The minimum Gasteiger partial charge on any atom is -0.372 e. The van der Waals surface area contributed by atoms with E-state index in [1.807, 2.05) is 0 Å². The standard InChI is InChI=1S/C13H17F3N2O2S/c1-18(9-10-5-4-8-17-10)11-6-2-3-7-12(11)21(19,20)13(14,15)16/h2-3,6-7,10,17H,4-5,8-9H2,1H3. The number of hydrogen-bond acceptors (Lipinski definition) is 4. The van der Waals surface area contributed by atoms with E-state index in [2.05, 4.69) is 5.32 Å². The third-order valence-corrected chi connectivity index (χ3v) is 5.06. The van der Waals surface area contributed by atoms with E-state index in [4.69, 9.17) is 0 Å². The minimum absolute atomic E-state index is 0.0727. The Morgan fingerprint density at radius 2 is 2.00 bits per heavy atom. The van der Waals surface area contributed by atoms with E-state index in [1.54, 1.807) is 11.9 Å². The molecule has 1 aliphatic rings. The maximum Gasteiger partial charge on any atom is 0.501 e. The van der Waals surface area contributed by atoms with Gasteiger partial charge in [-0.1, -0.05) is 12.1 Å². The molecule has 0 amide bonds. The average molecular weight is 322 g/mol. The molecule has 1 heterocycles. The van der Waals surface area contributed by atoms with Gasteiger partial charge in [-0.3, -0.25) is 0 Å². The Kier molecular flexibility index (Phi) is 4.48. The molecule has 0 spiro atoms. The molecule has 21 heavy (non-hydrogen) atoms. The molecule has 1 atom stereocenters. The number of anilines is 1. The summed E-state index contributed by atoms with van der Waals surface area (Å²) in [4.78, 5) is 0.861. The summed E-state index contributed by atoms with van der Waals surface area (Å²) in [6, 6.07) is 5.38. The first-order valence-electron chi connectivity index (χ1n) is 6.58. The number of sulfone groups is 1. The zero-order valence-corrected chi connectivity index (χ0v) is 12.3. The molecule has 1 fully saturated rings. The summed E-state index contributed by atoms with van der Waals surface area (Å²) in [5, 5.41) is 3.23. The highest BCUT2D eigenvalue weighted by atomic mass is 32.2. The molecule has 1 aromatic carbocycles. The number of para-hydroxylation sites is 1. The Balaban J connectivity index is 2.32. The van der Waals surface area contributed by atoms with E-state index in [9.17, 15) is 21.6 Å². The molecule has 1 N–H and O–H groups in total. The number of nitrogens with zero attached hydrogens (tertiary/aromatic N) is 1. The summed E-state index contributed by atoms with van der Waals surface area (Å²) in [6.07, 6.45) is 1.94. The van der Waals surface area contributed by atoms with Crippen molar-refractivity contribution >= 4 is 15.5 Å². The van der Waals surface area contributed by atoms with E-state index < -0.39 is 20.2 Å².